The second kappa shape index (κ2) is 4.33. The Morgan fingerprint density at radius 2 is 1.64 bits per heavy atom. The van der Waals surface area contributed by atoms with Gasteiger partial charge < -0.3 is 0 Å². The molecule has 0 spiro atoms. The average molecular weight is 147 g/mol. The van der Waals surface area contributed by atoms with Crippen LogP contribution in [0.1, 0.15) is 5.82 Å². The smallest absolute Gasteiger partial charge is 0.125 e. The lowest BCUT2D eigenvalue weighted by atomic mass is 10.6. The SMILES string of the molecule is Cc1nccccnccn1. The van der Waals surface area contributed by atoms with Crippen molar-refractivity contribution in [2.24, 2.45) is 0 Å². The van der Waals surface area contributed by atoms with E-state index in [0.29, 0.717) is 0 Å². The fraction of sp³-hybridized carbons (Fsp3) is 0.125. The first-order valence-corrected chi connectivity index (χ1v) is 3.31. The molecule has 11 heavy (non-hydrogen) atoms. The molecule has 1 aromatic heterocycles. The normalized spacial score (nSPS) is 8.45. The Morgan fingerprint density at radius 1 is 0.909 bits per heavy atom. The Balaban J connectivity index is 3.11. The maximum absolute atomic E-state index is 4.01. The number of nitrogens with zero attached hydrogens (tertiary/aromatic N) is 3. The van der Waals surface area contributed by atoms with E-state index in [4.69, 9.17) is 0 Å². The third-order valence-electron chi connectivity index (χ3n) is 1.04. The predicted octanol–water partition coefficient (Wildman–Crippen LogP) is 1.30. The summed E-state index contributed by atoms with van der Waals surface area (Å²) in [7, 11) is 0. The molecule has 0 aliphatic carbocycles. The van der Waals surface area contributed by atoms with Crippen molar-refractivity contribution >= 4 is 0 Å². The van der Waals surface area contributed by atoms with Crippen LogP contribution in [0.15, 0.2) is 36.9 Å². The number of hydrogen-bond donors (Lipinski definition) is 0. The minimum Gasteiger partial charge on any atom is -0.263 e. The van der Waals surface area contributed by atoms with Crippen molar-refractivity contribution in [1.82, 2.24) is 15.0 Å². The Kier molecular flexibility index (Phi) is 2.99. The van der Waals surface area contributed by atoms with Crippen molar-refractivity contribution in [3.05, 3.63) is 42.7 Å². The summed E-state index contributed by atoms with van der Waals surface area (Å²) in [6.07, 6.45) is 6.60. The molecule has 0 radical (unpaired) electrons. The van der Waals surface area contributed by atoms with Gasteiger partial charge in [-0.25, -0.2) is 9.97 Å². The standard InChI is InChI=1S/C8H9N3/c1-8-10-5-3-2-4-9-6-7-11-8/h2-7H,1H3. The highest BCUT2D eigenvalue weighted by molar-refractivity contribution is 4.84. The van der Waals surface area contributed by atoms with Crippen molar-refractivity contribution in [3.8, 4) is 0 Å². The highest BCUT2D eigenvalue weighted by Gasteiger charge is 1.72. The molecule has 0 atom stereocenters. The summed E-state index contributed by atoms with van der Waals surface area (Å²) in [4.78, 5) is 11.9. The van der Waals surface area contributed by atoms with Gasteiger partial charge in [0.2, 0.25) is 0 Å². The first-order chi connectivity index (χ1) is 5.39. The fourth-order valence-electron chi connectivity index (χ4n) is 0.563. The highest BCUT2D eigenvalue weighted by Crippen LogP contribution is 1.76. The molecule has 0 aromatic carbocycles. The molecule has 0 amide bonds. The summed E-state index contributed by atoms with van der Waals surface area (Å²) in [5.74, 6) is 0.725. The van der Waals surface area contributed by atoms with E-state index < -0.39 is 0 Å². The van der Waals surface area contributed by atoms with E-state index in [1.807, 2.05) is 19.1 Å². The van der Waals surface area contributed by atoms with E-state index in [0.717, 1.165) is 5.82 Å². The first-order valence-electron chi connectivity index (χ1n) is 3.31. The van der Waals surface area contributed by atoms with Crippen molar-refractivity contribution in [3.63, 3.8) is 0 Å². The molecule has 1 aromatic rings. The van der Waals surface area contributed by atoms with Crippen LogP contribution < -0.4 is 0 Å². The third-order valence-corrected chi connectivity index (χ3v) is 1.04. The molecule has 0 N–H and O–H groups in total. The van der Waals surface area contributed by atoms with Crippen molar-refractivity contribution in [2.45, 2.75) is 6.92 Å². The van der Waals surface area contributed by atoms with Crippen molar-refractivity contribution < 1.29 is 0 Å². The van der Waals surface area contributed by atoms with Crippen LogP contribution in [0, 0.1) is 6.92 Å². The summed E-state index contributed by atoms with van der Waals surface area (Å²) in [5.41, 5.74) is 0. The van der Waals surface area contributed by atoms with Crippen LogP contribution in [0.3, 0.4) is 0 Å². The highest BCUT2D eigenvalue weighted by atomic mass is 14.8. The van der Waals surface area contributed by atoms with Crippen LogP contribution in [0.25, 0.3) is 0 Å². The second-order valence-electron chi connectivity index (χ2n) is 1.94. The second-order valence-corrected chi connectivity index (χ2v) is 1.94. The maximum atomic E-state index is 4.01. The van der Waals surface area contributed by atoms with Gasteiger partial charge in [0.15, 0.2) is 0 Å². The van der Waals surface area contributed by atoms with Crippen molar-refractivity contribution in [2.75, 3.05) is 0 Å². The lowest BCUT2D eigenvalue weighted by molar-refractivity contribution is 1.07. The minimum absolute atomic E-state index is 0.725. The summed E-state index contributed by atoms with van der Waals surface area (Å²) < 4.78 is 0. The summed E-state index contributed by atoms with van der Waals surface area (Å²) in [6.45, 7) is 1.83. The Hall–Kier alpha value is -1.51. The summed E-state index contributed by atoms with van der Waals surface area (Å²) >= 11 is 0. The summed E-state index contributed by atoms with van der Waals surface area (Å²) in [5, 5.41) is 0. The Bertz CT molecular complexity index is 247. The van der Waals surface area contributed by atoms with Gasteiger partial charge in [-0.05, 0) is 19.1 Å². The van der Waals surface area contributed by atoms with Gasteiger partial charge in [-0.3, -0.25) is 4.98 Å². The van der Waals surface area contributed by atoms with Gasteiger partial charge >= 0.3 is 0 Å². The molecular weight excluding hydrogens is 138 g/mol. The average Bonchev–Trinajstić information content (AvgIpc) is 2.03. The van der Waals surface area contributed by atoms with Gasteiger partial charge in [-0.15, -0.1) is 0 Å². The monoisotopic (exact) mass is 147 g/mol. The molecule has 0 aliphatic rings. The van der Waals surface area contributed by atoms with Crippen LogP contribution in [-0.2, 0) is 0 Å². The molecule has 0 fully saturated rings. The predicted molar refractivity (Wildman–Crippen MR) is 42.2 cm³/mol. The molecule has 0 saturated carbocycles. The van der Waals surface area contributed by atoms with Gasteiger partial charge in [0, 0.05) is 24.8 Å². The molecule has 0 saturated heterocycles. The molecule has 3 heteroatoms. The van der Waals surface area contributed by atoms with E-state index in [9.17, 15) is 0 Å². The van der Waals surface area contributed by atoms with E-state index in [1.165, 1.54) is 0 Å². The summed E-state index contributed by atoms with van der Waals surface area (Å²) in [6, 6.07) is 3.62. The van der Waals surface area contributed by atoms with Gasteiger partial charge in [-0.2, -0.15) is 0 Å². The zero-order valence-electron chi connectivity index (χ0n) is 6.31. The van der Waals surface area contributed by atoms with Gasteiger partial charge in [0.05, 0.1) is 0 Å². The fourth-order valence-corrected chi connectivity index (χ4v) is 0.563. The van der Waals surface area contributed by atoms with E-state index in [2.05, 4.69) is 15.0 Å². The topological polar surface area (TPSA) is 38.7 Å². The van der Waals surface area contributed by atoms with Gasteiger partial charge in [-0.1, -0.05) is 0 Å². The molecule has 1 heterocycles. The van der Waals surface area contributed by atoms with Crippen LogP contribution in [0.2, 0.25) is 0 Å². The van der Waals surface area contributed by atoms with Crippen molar-refractivity contribution in [1.29, 1.82) is 0 Å². The largest absolute Gasteiger partial charge is 0.263 e. The molecule has 1 rings (SSSR count). The quantitative estimate of drug-likeness (QED) is 0.555. The molecule has 56 valence electrons. The maximum Gasteiger partial charge on any atom is 0.125 e. The number of aromatic nitrogens is 3. The molecular formula is C8H9N3. The minimum atomic E-state index is 0.725. The van der Waals surface area contributed by atoms with E-state index in [-0.39, 0.29) is 0 Å². The zero-order chi connectivity index (χ0) is 7.94. The van der Waals surface area contributed by atoms with Crippen LogP contribution in [-0.4, -0.2) is 15.0 Å². The van der Waals surface area contributed by atoms with E-state index in [1.54, 1.807) is 24.8 Å². The van der Waals surface area contributed by atoms with Crippen LogP contribution in [0.4, 0.5) is 0 Å². The molecule has 0 unspecified atom stereocenters. The Morgan fingerprint density at radius 3 is 2.55 bits per heavy atom. The molecule has 3 nitrogen and oxygen atoms in total. The third kappa shape index (κ3) is 3.25. The lowest BCUT2D eigenvalue weighted by Crippen LogP contribution is -1.77. The number of hydrogen-bond acceptors (Lipinski definition) is 3. The Labute approximate surface area is 65.5 Å². The van der Waals surface area contributed by atoms with Crippen LogP contribution in [0.5, 0.6) is 0 Å². The first kappa shape index (κ1) is 7.60. The van der Waals surface area contributed by atoms with Gasteiger partial charge in [0.1, 0.15) is 5.82 Å². The number of rotatable bonds is 0. The van der Waals surface area contributed by atoms with Crippen LogP contribution >= 0.6 is 0 Å². The zero-order valence-corrected chi connectivity index (χ0v) is 6.31. The van der Waals surface area contributed by atoms with E-state index >= 15 is 0 Å². The van der Waals surface area contributed by atoms with Gasteiger partial charge in [0.25, 0.3) is 0 Å². The molecule has 0 aliphatic heterocycles. The molecule has 0 bridgehead atoms. The number of aryl methyl sites for hydroxylation is 1. The lowest BCUT2D eigenvalue weighted by Gasteiger charge is -1.79.